The van der Waals surface area contributed by atoms with E-state index in [2.05, 4.69) is 15.6 Å². The maximum atomic E-state index is 13.5. The Labute approximate surface area is 250 Å². The third kappa shape index (κ3) is 8.61. The summed E-state index contributed by atoms with van der Waals surface area (Å²) in [6.07, 6.45) is -2.60. The van der Waals surface area contributed by atoms with E-state index < -0.39 is 73.3 Å². The zero-order valence-corrected chi connectivity index (χ0v) is 24.8. The Hall–Kier alpha value is -4.30. The first-order valence-electron chi connectivity index (χ1n) is 13.8. The van der Waals surface area contributed by atoms with E-state index in [-0.39, 0.29) is 18.0 Å². The van der Waals surface area contributed by atoms with Crippen LogP contribution in [0.5, 0.6) is 0 Å². The Bertz CT molecular complexity index is 1330. The number of amides is 3. The molecule has 230 valence electrons. The molecule has 0 saturated carbocycles. The summed E-state index contributed by atoms with van der Waals surface area (Å²) in [6, 6.07) is 12.6. The van der Waals surface area contributed by atoms with Crippen molar-refractivity contribution < 1.29 is 43.5 Å². The normalized spacial score (nSPS) is 18.7. The Morgan fingerprint density at radius 2 is 1.72 bits per heavy atom. The molecule has 0 bridgehead atoms. The molecule has 3 amide bonds. The molecule has 0 aliphatic carbocycles. The fraction of sp³-hybridized carbons (Fsp3) is 0.448. The summed E-state index contributed by atoms with van der Waals surface area (Å²) in [6.45, 7) is 4.98. The van der Waals surface area contributed by atoms with Gasteiger partial charge in [-0.05, 0) is 31.4 Å². The van der Waals surface area contributed by atoms with Crippen LogP contribution in [0.25, 0.3) is 11.3 Å². The number of aliphatic carboxylic acids is 1. The number of likely N-dealkylation sites (N-methyl/N-ethyl adjacent to an activating group) is 1. The highest BCUT2D eigenvalue weighted by Gasteiger charge is 2.55. The van der Waals surface area contributed by atoms with Gasteiger partial charge in [-0.2, -0.15) is 0 Å². The molecule has 1 aliphatic rings. The van der Waals surface area contributed by atoms with Gasteiger partial charge in [-0.3, -0.25) is 24.0 Å². The van der Waals surface area contributed by atoms with E-state index in [0.717, 1.165) is 10.5 Å². The van der Waals surface area contributed by atoms with Crippen LogP contribution < -0.4 is 10.6 Å². The minimum atomic E-state index is -2.05. The number of carboxylic acid groups (broad SMARTS) is 1. The molecule has 1 aromatic carbocycles. The number of hydrogen-bond donors (Lipinski definition) is 4. The average molecular weight is 596 g/mol. The average Bonchev–Trinajstić information content (AvgIpc) is 2.94. The lowest BCUT2D eigenvalue weighted by atomic mass is 9.70. The van der Waals surface area contributed by atoms with Gasteiger partial charge in [0.25, 0.3) is 17.8 Å². The lowest BCUT2D eigenvalue weighted by Gasteiger charge is -2.40. The number of rotatable bonds is 12. The molecule has 3 rings (SSSR count). The number of carboxylic acids is 1. The topological polar surface area (TPSA) is 184 Å². The molecule has 1 aliphatic heterocycles. The van der Waals surface area contributed by atoms with E-state index in [1.54, 1.807) is 12.1 Å². The number of aromatic nitrogens is 1. The van der Waals surface area contributed by atoms with Crippen LogP contribution in [0.2, 0.25) is 0 Å². The van der Waals surface area contributed by atoms with Crippen LogP contribution in [0.3, 0.4) is 0 Å². The van der Waals surface area contributed by atoms with Gasteiger partial charge in [0.15, 0.2) is 5.60 Å². The molecule has 0 spiro atoms. The molecule has 1 saturated heterocycles. The van der Waals surface area contributed by atoms with Crippen LogP contribution in [0.15, 0.2) is 48.5 Å². The van der Waals surface area contributed by atoms with E-state index in [0.29, 0.717) is 5.69 Å². The van der Waals surface area contributed by atoms with Crippen molar-refractivity contribution in [2.75, 3.05) is 14.1 Å². The summed E-state index contributed by atoms with van der Waals surface area (Å²) in [5, 5.41) is 25.1. The SMILES string of the molecule is CC(C)C[C@H](NC(=O)[C@@H](NC(=O)c1cccc(-c2ccccc2)n1)[C@@H](C)O)B1OC(=O)C[C@](CC(=O)O)(C(=O)N(C)C)O1. The van der Waals surface area contributed by atoms with Gasteiger partial charge in [0.2, 0.25) is 5.91 Å². The van der Waals surface area contributed by atoms with Crippen LogP contribution in [-0.4, -0.2) is 94.7 Å². The molecule has 4 N–H and O–H groups in total. The lowest BCUT2D eigenvalue weighted by Crippen LogP contribution is -2.64. The summed E-state index contributed by atoms with van der Waals surface area (Å²) >= 11 is 0. The van der Waals surface area contributed by atoms with Gasteiger partial charge in [0, 0.05) is 19.7 Å². The van der Waals surface area contributed by atoms with Crippen LogP contribution >= 0.6 is 0 Å². The number of aliphatic hydroxyl groups is 1. The number of benzene rings is 1. The number of carbonyl (C=O) groups excluding carboxylic acids is 4. The summed E-state index contributed by atoms with van der Waals surface area (Å²) in [5.41, 5.74) is -0.713. The molecule has 43 heavy (non-hydrogen) atoms. The molecule has 1 aromatic heterocycles. The van der Waals surface area contributed by atoms with Crippen LogP contribution in [0.4, 0.5) is 0 Å². The van der Waals surface area contributed by atoms with Gasteiger partial charge < -0.3 is 35.1 Å². The zero-order valence-electron chi connectivity index (χ0n) is 24.8. The predicted molar refractivity (Wildman–Crippen MR) is 155 cm³/mol. The Morgan fingerprint density at radius 1 is 1.05 bits per heavy atom. The summed E-state index contributed by atoms with van der Waals surface area (Å²) in [4.78, 5) is 69.5. The highest BCUT2D eigenvalue weighted by molar-refractivity contribution is 6.50. The minimum Gasteiger partial charge on any atom is -0.508 e. The fourth-order valence-electron chi connectivity index (χ4n) is 4.78. The number of pyridine rings is 1. The Morgan fingerprint density at radius 3 is 2.30 bits per heavy atom. The minimum absolute atomic E-state index is 0.0173. The molecule has 2 heterocycles. The van der Waals surface area contributed by atoms with Crippen LogP contribution in [0.1, 0.15) is 50.5 Å². The number of carbonyl (C=O) groups is 5. The van der Waals surface area contributed by atoms with Crippen molar-refractivity contribution >= 4 is 36.8 Å². The third-order valence-corrected chi connectivity index (χ3v) is 6.74. The Balaban J connectivity index is 1.84. The maximum absolute atomic E-state index is 13.5. The highest BCUT2D eigenvalue weighted by Crippen LogP contribution is 2.31. The molecule has 2 aromatic rings. The predicted octanol–water partition coefficient (Wildman–Crippen LogP) is 1.05. The lowest BCUT2D eigenvalue weighted by molar-refractivity contribution is -0.169. The third-order valence-electron chi connectivity index (χ3n) is 6.74. The smallest absolute Gasteiger partial charge is 0.508 e. The highest BCUT2D eigenvalue weighted by atomic mass is 16.6. The van der Waals surface area contributed by atoms with Crippen molar-refractivity contribution in [1.29, 1.82) is 0 Å². The van der Waals surface area contributed by atoms with Gasteiger partial charge in [-0.25, -0.2) is 4.98 Å². The standard InChI is InChI=1S/C29H37BN4O9/c1-17(2)14-22(30-42-24(38)16-29(43-30,15-23(36)37)28(41)34(4)5)32-27(40)25(18(3)35)33-26(39)21-13-9-12-20(31-21)19-10-7-6-8-11-19/h6-13,17-18,22,25,35H,14-16H2,1-5H3,(H,32,40)(H,33,39)(H,36,37)/t18-,22+,25+,29-/m1/s1. The van der Waals surface area contributed by atoms with E-state index in [1.165, 1.54) is 27.1 Å². The van der Waals surface area contributed by atoms with Crippen molar-refractivity contribution in [3.8, 4) is 11.3 Å². The molecule has 0 unspecified atom stereocenters. The summed E-state index contributed by atoms with van der Waals surface area (Å²) < 4.78 is 11.3. The van der Waals surface area contributed by atoms with Crippen molar-refractivity contribution in [3.63, 3.8) is 0 Å². The summed E-state index contributed by atoms with van der Waals surface area (Å²) in [7, 11) is 1.28. The van der Waals surface area contributed by atoms with Crippen LogP contribution in [-0.2, 0) is 28.5 Å². The fourth-order valence-corrected chi connectivity index (χ4v) is 4.78. The van der Waals surface area contributed by atoms with E-state index in [1.807, 2.05) is 44.2 Å². The van der Waals surface area contributed by atoms with Gasteiger partial charge in [-0.1, -0.05) is 50.2 Å². The second kappa shape index (κ2) is 14.3. The van der Waals surface area contributed by atoms with Gasteiger partial charge in [0.1, 0.15) is 11.7 Å². The number of aliphatic hydroxyl groups excluding tert-OH is 1. The van der Waals surface area contributed by atoms with Gasteiger partial charge >= 0.3 is 13.1 Å². The molecule has 14 heteroatoms. The molecular formula is C29H37BN4O9. The van der Waals surface area contributed by atoms with Crippen molar-refractivity contribution in [1.82, 2.24) is 20.5 Å². The first kappa shape index (κ1) is 33.2. The number of hydrogen-bond acceptors (Lipinski definition) is 9. The monoisotopic (exact) mass is 596 g/mol. The first-order valence-corrected chi connectivity index (χ1v) is 13.8. The van der Waals surface area contributed by atoms with Crippen LogP contribution in [0, 0.1) is 5.92 Å². The van der Waals surface area contributed by atoms with Gasteiger partial charge in [-0.15, -0.1) is 0 Å². The van der Waals surface area contributed by atoms with Crippen molar-refractivity contribution in [3.05, 3.63) is 54.2 Å². The summed E-state index contributed by atoms with van der Waals surface area (Å²) in [5.74, 6) is -5.66. The van der Waals surface area contributed by atoms with E-state index in [9.17, 15) is 34.2 Å². The molecule has 0 radical (unpaired) electrons. The van der Waals surface area contributed by atoms with Crippen molar-refractivity contribution in [2.45, 2.75) is 63.7 Å². The second-order valence-corrected chi connectivity index (χ2v) is 11.1. The second-order valence-electron chi connectivity index (χ2n) is 11.1. The molecular weight excluding hydrogens is 559 g/mol. The zero-order chi connectivity index (χ0) is 31.9. The van der Waals surface area contributed by atoms with E-state index >= 15 is 0 Å². The van der Waals surface area contributed by atoms with Gasteiger partial charge in [0.05, 0.1) is 30.6 Å². The largest absolute Gasteiger partial charge is 0.552 e. The number of nitrogens with zero attached hydrogens (tertiary/aromatic N) is 2. The Kier molecular flexibility index (Phi) is 11.0. The van der Waals surface area contributed by atoms with Crippen molar-refractivity contribution in [2.24, 2.45) is 5.92 Å². The maximum Gasteiger partial charge on any atom is 0.552 e. The quantitative estimate of drug-likeness (QED) is 0.258. The number of nitrogens with one attached hydrogen (secondary N) is 2. The van der Waals surface area contributed by atoms with E-state index in [4.69, 9.17) is 9.31 Å². The molecule has 4 atom stereocenters. The molecule has 13 nitrogen and oxygen atoms in total. The molecule has 1 fully saturated rings. The first-order chi connectivity index (χ1) is 20.2.